The first-order valence-corrected chi connectivity index (χ1v) is 16.8. The van der Waals surface area contributed by atoms with E-state index in [0.29, 0.717) is 11.1 Å². The molecule has 0 bridgehead atoms. The maximum absolute atomic E-state index is 14.4. The predicted octanol–water partition coefficient (Wildman–Crippen LogP) is 8.54. The third-order valence-electron chi connectivity index (χ3n) is 9.51. The topological polar surface area (TPSA) is 44.4 Å². The van der Waals surface area contributed by atoms with E-state index < -0.39 is 0 Å². The average molecular weight is 610 g/mol. The van der Waals surface area contributed by atoms with E-state index >= 15 is 0 Å². The number of para-hydroxylation sites is 2. The third-order valence-corrected chi connectivity index (χ3v) is 12.0. The van der Waals surface area contributed by atoms with Gasteiger partial charge in [-0.3, -0.25) is 4.79 Å². The van der Waals surface area contributed by atoms with Gasteiger partial charge in [-0.1, -0.05) is 108 Å². The van der Waals surface area contributed by atoms with Gasteiger partial charge in [-0.05, 0) is 47.7 Å². The number of benzene rings is 4. The highest BCUT2D eigenvalue weighted by Crippen LogP contribution is 2.55. The number of nitrogens with zero attached hydrogens (tertiary/aromatic N) is 2. The van der Waals surface area contributed by atoms with E-state index in [1.165, 1.54) is 31.9 Å². The number of aliphatic hydroxyl groups excluding tert-OH is 1. The van der Waals surface area contributed by atoms with Crippen LogP contribution in [0.2, 0.25) is 0 Å². The first-order chi connectivity index (χ1) is 21.7. The molecule has 214 valence electrons. The first-order valence-electron chi connectivity index (χ1n) is 15.2. The highest BCUT2D eigenvalue weighted by atomic mass is 32.2. The minimum atomic E-state index is -0.0251. The van der Waals surface area contributed by atoms with Crippen molar-refractivity contribution in [2.45, 2.75) is 36.1 Å². The average Bonchev–Trinajstić information content (AvgIpc) is 3.65. The van der Waals surface area contributed by atoms with Crippen LogP contribution in [0.3, 0.4) is 0 Å². The maximum atomic E-state index is 14.4. The number of thioether (sulfide) groups is 1. The van der Waals surface area contributed by atoms with Gasteiger partial charge in [-0.2, -0.15) is 4.57 Å². The molecule has 0 fully saturated rings. The van der Waals surface area contributed by atoms with Crippen LogP contribution in [0.15, 0.2) is 142 Å². The SMILES string of the molecule is O=C1C(C2=C3Sc4ccccc4N3CC(c3ccccc3)C2)=C(O)/C1=C1/CC(c2ccccc2)C[n+]2c1sc1ccccc12. The summed E-state index contributed by atoms with van der Waals surface area (Å²) in [5, 5.41) is 14.1. The number of anilines is 1. The number of allylic oxidation sites excluding steroid dienone is 4. The number of Topliss-reactive ketones (excluding diaryl/α,β-unsaturated/α-hetero) is 1. The standard InChI is InChI=1S/C38H28N2O2S2/c41-35-33(27-19-25(23-11-3-1-4-12-23)21-39-29-15-7-9-17-31(29)43-37(27)39)36(42)34(35)28-20-26(24-13-5-2-6-14-24)22-40-30-16-8-10-18-32(30)44-38(28)40/h1-18,25-26H,19-22H2/p+1. The van der Waals surface area contributed by atoms with Gasteiger partial charge in [-0.15, -0.1) is 0 Å². The molecular formula is C38H29N2O2S2+. The number of aliphatic hydroxyl groups is 1. The lowest BCUT2D eigenvalue weighted by atomic mass is 9.74. The van der Waals surface area contributed by atoms with E-state index in [1.54, 1.807) is 23.1 Å². The van der Waals surface area contributed by atoms with Crippen molar-refractivity contribution in [3.63, 3.8) is 0 Å². The zero-order valence-electron chi connectivity index (χ0n) is 23.9. The van der Waals surface area contributed by atoms with Gasteiger partial charge in [-0.25, -0.2) is 0 Å². The molecule has 4 nitrogen and oxygen atoms in total. The monoisotopic (exact) mass is 609 g/mol. The minimum Gasteiger partial charge on any atom is -0.506 e. The summed E-state index contributed by atoms with van der Waals surface area (Å²) < 4.78 is 3.56. The molecule has 4 aliphatic rings. The number of thiazole rings is 1. The summed E-state index contributed by atoms with van der Waals surface area (Å²) in [5.74, 6) is 0.570. The second-order valence-corrected chi connectivity index (χ2v) is 14.0. The van der Waals surface area contributed by atoms with Gasteiger partial charge in [0.25, 0.3) is 5.01 Å². The van der Waals surface area contributed by atoms with E-state index in [0.717, 1.165) is 47.1 Å². The lowest BCUT2D eigenvalue weighted by molar-refractivity contribution is -0.675. The van der Waals surface area contributed by atoms with E-state index in [9.17, 15) is 9.90 Å². The molecule has 5 aromatic rings. The Balaban J connectivity index is 1.20. The van der Waals surface area contributed by atoms with E-state index in [-0.39, 0.29) is 23.4 Å². The van der Waals surface area contributed by atoms with Crippen molar-refractivity contribution in [1.82, 2.24) is 0 Å². The van der Waals surface area contributed by atoms with Gasteiger partial charge in [0.1, 0.15) is 10.5 Å². The van der Waals surface area contributed by atoms with Crippen LogP contribution in [0, 0.1) is 0 Å². The summed E-state index contributed by atoms with van der Waals surface area (Å²) >= 11 is 3.45. The molecule has 0 saturated carbocycles. The zero-order chi connectivity index (χ0) is 29.4. The number of hydrogen-bond donors (Lipinski definition) is 1. The Morgan fingerprint density at radius 2 is 1.39 bits per heavy atom. The summed E-state index contributed by atoms with van der Waals surface area (Å²) in [6.45, 7) is 1.70. The number of carbonyl (C=O) groups excluding carboxylic acids is 1. The van der Waals surface area contributed by atoms with Gasteiger partial charge >= 0.3 is 0 Å². The summed E-state index contributed by atoms with van der Waals surface area (Å²) in [6.07, 6.45) is 1.44. The van der Waals surface area contributed by atoms with Crippen LogP contribution >= 0.6 is 23.1 Å². The predicted molar refractivity (Wildman–Crippen MR) is 178 cm³/mol. The summed E-state index contributed by atoms with van der Waals surface area (Å²) in [5.41, 5.74) is 7.82. The molecule has 3 aliphatic heterocycles. The number of ketones is 1. The molecule has 1 N–H and O–H groups in total. The van der Waals surface area contributed by atoms with Crippen molar-refractivity contribution in [1.29, 1.82) is 0 Å². The molecule has 2 unspecified atom stereocenters. The fourth-order valence-corrected chi connectivity index (χ4v) is 9.86. The Morgan fingerprint density at radius 3 is 2.16 bits per heavy atom. The number of aromatic nitrogens is 1. The molecule has 1 aromatic heterocycles. The molecular weight excluding hydrogens is 581 g/mol. The number of rotatable bonds is 3. The lowest BCUT2D eigenvalue weighted by Crippen LogP contribution is -2.43. The highest BCUT2D eigenvalue weighted by molar-refractivity contribution is 8.03. The van der Waals surface area contributed by atoms with Crippen LogP contribution in [0.5, 0.6) is 0 Å². The smallest absolute Gasteiger partial charge is 0.266 e. The Hall–Kier alpha value is -4.39. The van der Waals surface area contributed by atoms with Gasteiger partial charge in [0.05, 0.1) is 27.4 Å². The molecule has 0 spiro atoms. The van der Waals surface area contributed by atoms with E-state index in [4.69, 9.17) is 0 Å². The normalized spacial score (nSPS) is 22.6. The first kappa shape index (κ1) is 26.1. The molecule has 4 aromatic carbocycles. The van der Waals surface area contributed by atoms with Crippen LogP contribution < -0.4 is 9.47 Å². The van der Waals surface area contributed by atoms with Gasteiger partial charge in [0, 0.05) is 29.3 Å². The van der Waals surface area contributed by atoms with Crippen molar-refractivity contribution in [3.05, 3.63) is 153 Å². The zero-order valence-corrected chi connectivity index (χ0v) is 25.6. The van der Waals surface area contributed by atoms with Crippen LogP contribution in [0.4, 0.5) is 5.69 Å². The molecule has 0 saturated heterocycles. The quantitative estimate of drug-likeness (QED) is 0.165. The van der Waals surface area contributed by atoms with Crippen LogP contribution in [0.1, 0.15) is 40.8 Å². The Kier molecular flexibility index (Phi) is 5.97. The molecule has 9 rings (SSSR count). The fourth-order valence-electron chi connectivity index (χ4n) is 7.40. The van der Waals surface area contributed by atoms with Crippen LogP contribution in [0.25, 0.3) is 15.8 Å². The number of hydrogen-bond acceptors (Lipinski definition) is 5. The van der Waals surface area contributed by atoms with Crippen LogP contribution in [-0.2, 0) is 11.3 Å². The highest BCUT2D eigenvalue weighted by Gasteiger charge is 2.47. The van der Waals surface area contributed by atoms with Gasteiger partial charge in [0.15, 0.2) is 6.54 Å². The minimum absolute atomic E-state index is 0.0251. The Labute approximate surface area is 264 Å². The Bertz CT molecular complexity index is 2090. The van der Waals surface area contributed by atoms with Crippen molar-refractivity contribution >= 4 is 50.4 Å². The molecule has 6 heteroatoms. The van der Waals surface area contributed by atoms with Crippen molar-refractivity contribution in [2.24, 2.45) is 0 Å². The number of carbonyl (C=O) groups is 1. The molecule has 0 amide bonds. The largest absolute Gasteiger partial charge is 0.506 e. The third kappa shape index (κ3) is 3.91. The van der Waals surface area contributed by atoms with Crippen molar-refractivity contribution < 1.29 is 14.5 Å². The fraction of sp³-hybridized carbons (Fsp3) is 0.158. The maximum Gasteiger partial charge on any atom is 0.266 e. The summed E-state index contributed by atoms with van der Waals surface area (Å²) in [7, 11) is 0. The molecule has 44 heavy (non-hydrogen) atoms. The molecule has 4 heterocycles. The number of fused-ring (bicyclic) bond motifs is 6. The van der Waals surface area contributed by atoms with Crippen molar-refractivity contribution in [2.75, 3.05) is 11.4 Å². The second-order valence-electron chi connectivity index (χ2n) is 12.0. The second kappa shape index (κ2) is 10.1. The van der Waals surface area contributed by atoms with Gasteiger partial charge < -0.3 is 10.0 Å². The lowest BCUT2D eigenvalue weighted by Gasteiger charge is -2.37. The van der Waals surface area contributed by atoms with Crippen LogP contribution in [-0.4, -0.2) is 17.4 Å². The van der Waals surface area contributed by atoms with Gasteiger partial charge in [0.2, 0.25) is 11.3 Å². The summed E-state index contributed by atoms with van der Waals surface area (Å²) in [4.78, 5) is 18.0. The van der Waals surface area contributed by atoms with E-state index in [1.807, 2.05) is 12.1 Å². The van der Waals surface area contributed by atoms with Crippen molar-refractivity contribution in [3.8, 4) is 0 Å². The Morgan fingerprint density at radius 1 is 0.727 bits per heavy atom. The summed E-state index contributed by atoms with van der Waals surface area (Å²) in [6, 6.07) is 38.1. The molecule has 0 radical (unpaired) electrons. The molecule has 1 aliphatic carbocycles. The van der Waals surface area contributed by atoms with E-state index in [2.05, 4.69) is 107 Å². The molecule has 2 atom stereocenters.